The van der Waals surface area contributed by atoms with Crippen LogP contribution >= 0.6 is 0 Å². The molecule has 1 aromatic carbocycles. The third-order valence-corrected chi connectivity index (χ3v) is 5.58. The highest BCUT2D eigenvalue weighted by atomic mass is 32.2. The van der Waals surface area contributed by atoms with Crippen molar-refractivity contribution in [3.05, 3.63) is 24.4 Å². The minimum Gasteiger partial charge on any atom is -0.497 e. The number of ether oxygens (including phenoxy) is 1. The molecule has 0 saturated heterocycles. The molecule has 0 saturated carbocycles. The van der Waals surface area contributed by atoms with E-state index in [1.54, 1.807) is 19.3 Å². The fourth-order valence-electron chi connectivity index (χ4n) is 2.87. The number of carbonyl (C=O) groups is 1. The molecule has 2 aromatic rings. The zero-order valence-electron chi connectivity index (χ0n) is 16.4. The third kappa shape index (κ3) is 3.86. The maximum absolute atomic E-state index is 12.2. The van der Waals surface area contributed by atoms with E-state index in [2.05, 4.69) is 15.3 Å². The molecule has 0 radical (unpaired) electrons. The maximum Gasteiger partial charge on any atom is 0.246 e. The van der Waals surface area contributed by atoms with E-state index in [1.807, 2.05) is 18.7 Å². The number of nitrogens with one attached hydrogen (secondary N) is 1. The van der Waals surface area contributed by atoms with Gasteiger partial charge in [-0.25, -0.2) is 13.4 Å². The lowest BCUT2D eigenvalue weighted by atomic mass is 10.2. The highest BCUT2D eigenvalue weighted by Crippen LogP contribution is 2.33. The van der Waals surface area contributed by atoms with Crippen molar-refractivity contribution in [2.45, 2.75) is 24.8 Å². The van der Waals surface area contributed by atoms with Gasteiger partial charge in [0.05, 0.1) is 24.7 Å². The molecule has 1 aliphatic rings. The van der Waals surface area contributed by atoms with Crippen LogP contribution in [0.5, 0.6) is 5.75 Å². The maximum atomic E-state index is 12.2. The summed E-state index contributed by atoms with van der Waals surface area (Å²) in [6.07, 6.45) is 2.71. The van der Waals surface area contributed by atoms with Gasteiger partial charge >= 0.3 is 0 Å². The quantitative estimate of drug-likeness (QED) is 0.803. The highest BCUT2D eigenvalue weighted by molar-refractivity contribution is 7.90. The molecule has 28 heavy (non-hydrogen) atoms. The molecule has 0 atom stereocenters. The Labute approximate surface area is 164 Å². The molecule has 1 aliphatic heterocycles. The van der Waals surface area contributed by atoms with Crippen LogP contribution in [0.25, 0.3) is 0 Å². The van der Waals surface area contributed by atoms with Gasteiger partial charge in [0.25, 0.3) is 0 Å². The summed E-state index contributed by atoms with van der Waals surface area (Å²) in [5.74, 6) is 1.30. The van der Waals surface area contributed by atoms with Gasteiger partial charge in [-0.05, 0) is 26.0 Å². The van der Waals surface area contributed by atoms with Crippen molar-refractivity contribution in [1.29, 1.82) is 0 Å². The van der Waals surface area contributed by atoms with E-state index >= 15 is 0 Å². The largest absolute Gasteiger partial charge is 0.497 e. The van der Waals surface area contributed by atoms with Gasteiger partial charge < -0.3 is 19.9 Å². The predicted octanol–water partition coefficient (Wildman–Crippen LogP) is 1.82. The van der Waals surface area contributed by atoms with Crippen LogP contribution in [0, 0.1) is 0 Å². The summed E-state index contributed by atoms with van der Waals surface area (Å²) < 4.78 is 29.0. The zero-order chi connectivity index (χ0) is 20.6. The average molecular weight is 405 g/mol. The molecule has 0 aliphatic carbocycles. The number of likely N-dealkylation sites (N-methyl/N-ethyl adjacent to an activating group) is 1. The van der Waals surface area contributed by atoms with E-state index in [4.69, 9.17) is 4.74 Å². The Bertz CT molecular complexity index is 1020. The predicted molar refractivity (Wildman–Crippen MR) is 107 cm³/mol. The van der Waals surface area contributed by atoms with Crippen LogP contribution in [0.3, 0.4) is 0 Å². The molecule has 1 aromatic heterocycles. The monoisotopic (exact) mass is 405 g/mol. The minimum absolute atomic E-state index is 0.0314. The first-order chi connectivity index (χ1) is 13.1. The Morgan fingerprint density at radius 3 is 2.57 bits per heavy atom. The second-order valence-corrected chi connectivity index (χ2v) is 8.89. The number of anilines is 4. The Hall–Kier alpha value is -2.88. The summed E-state index contributed by atoms with van der Waals surface area (Å²) in [7, 11) is -0.255. The Kier molecular flexibility index (Phi) is 5.16. The lowest BCUT2D eigenvalue weighted by Gasteiger charge is -2.36. The average Bonchev–Trinajstić information content (AvgIpc) is 2.63. The third-order valence-electron chi connectivity index (χ3n) is 4.49. The van der Waals surface area contributed by atoms with Gasteiger partial charge in [-0.2, -0.15) is 4.98 Å². The van der Waals surface area contributed by atoms with Crippen molar-refractivity contribution >= 4 is 38.9 Å². The Morgan fingerprint density at radius 1 is 1.25 bits per heavy atom. The van der Waals surface area contributed by atoms with Crippen molar-refractivity contribution in [2.24, 2.45) is 0 Å². The van der Waals surface area contributed by atoms with Crippen LogP contribution in [0.1, 0.15) is 13.8 Å². The number of carbonyl (C=O) groups excluding carboxylic acids is 1. The van der Waals surface area contributed by atoms with Crippen molar-refractivity contribution in [1.82, 2.24) is 9.97 Å². The second kappa shape index (κ2) is 7.27. The van der Waals surface area contributed by atoms with E-state index in [1.165, 1.54) is 24.1 Å². The number of nitrogens with zero attached hydrogens (tertiary/aromatic N) is 4. The Morgan fingerprint density at radius 2 is 1.96 bits per heavy atom. The van der Waals surface area contributed by atoms with E-state index in [0.29, 0.717) is 28.9 Å². The van der Waals surface area contributed by atoms with Crippen molar-refractivity contribution < 1.29 is 17.9 Å². The van der Waals surface area contributed by atoms with Gasteiger partial charge in [-0.15, -0.1) is 0 Å². The number of hydrogen-bond acceptors (Lipinski definition) is 8. The fraction of sp³-hybridized carbons (Fsp3) is 0.389. The summed E-state index contributed by atoms with van der Waals surface area (Å²) in [4.78, 5) is 24.6. The SMILES string of the molecule is COc1cc(Nc2ncc3c(n2)N(C(C)C)CC(=O)N3C)cc(S(C)(=O)=O)c1. The zero-order valence-corrected chi connectivity index (χ0v) is 17.2. The summed E-state index contributed by atoms with van der Waals surface area (Å²) >= 11 is 0. The molecule has 0 bridgehead atoms. The molecule has 0 fully saturated rings. The van der Waals surface area contributed by atoms with Gasteiger partial charge in [0.1, 0.15) is 11.4 Å². The molecule has 3 rings (SSSR count). The van der Waals surface area contributed by atoms with Gasteiger partial charge in [0, 0.05) is 31.1 Å². The normalized spacial score (nSPS) is 14.3. The molecule has 1 amide bonds. The van der Waals surface area contributed by atoms with Crippen LogP contribution in [0.2, 0.25) is 0 Å². The molecule has 0 unspecified atom stereocenters. The van der Waals surface area contributed by atoms with Gasteiger partial charge in [0.15, 0.2) is 15.7 Å². The van der Waals surface area contributed by atoms with Crippen LogP contribution in [0.15, 0.2) is 29.3 Å². The molecule has 9 nitrogen and oxygen atoms in total. The molecule has 10 heteroatoms. The molecule has 2 heterocycles. The summed E-state index contributed by atoms with van der Waals surface area (Å²) in [6.45, 7) is 4.20. The van der Waals surface area contributed by atoms with Gasteiger partial charge in [-0.1, -0.05) is 0 Å². The highest BCUT2D eigenvalue weighted by Gasteiger charge is 2.30. The first-order valence-electron chi connectivity index (χ1n) is 8.66. The van der Waals surface area contributed by atoms with Gasteiger partial charge in [0.2, 0.25) is 11.9 Å². The smallest absolute Gasteiger partial charge is 0.246 e. The van der Waals surface area contributed by atoms with Crippen molar-refractivity contribution in [3.63, 3.8) is 0 Å². The molecule has 1 N–H and O–H groups in total. The number of methoxy groups -OCH3 is 1. The van der Waals surface area contributed by atoms with Crippen molar-refractivity contribution in [3.8, 4) is 5.75 Å². The van der Waals surface area contributed by atoms with E-state index in [-0.39, 0.29) is 23.4 Å². The first-order valence-corrected chi connectivity index (χ1v) is 10.6. The Balaban J connectivity index is 2.01. The summed E-state index contributed by atoms with van der Waals surface area (Å²) in [6, 6.07) is 4.69. The topological polar surface area (TPSA) is 105 Å². The molecular weight excluding hydrogens is 382 g/mol. The van der Waals surface area contributed by atoms with Crippen LogP contribution in [-0.4, -0.2) is 57.3 Å². The van der Waals surface area contributed by atoms with E-state index in [9.17, 15) is 13.2 Å². The molecule has 150 valence electrons. The van der Waals surface area contributed by atoms with Crippen LogP contribution < -0.4 is 19.9 Å². The standard InChI is InChI=1S/C18H23N5O4S/c1-11(2)23-10-16(24)22(3)15-9-19-18(21-17(15)23)20-12-6-13(27-4)8-14(7-12)28(5,25)26/h6-9,11H,10H2,1-5H3,(H,19,20,21). The van der Waals surface area contributed by atoms with Crippen LogP contribution in [0.4, 0.5) is 23.1 Å². The number of hydrogen-bond donors (Lipinski definition) is 1. The molecule has 0 spiro atoms. The number of fused-ring (bicyclic) bond motifs is 1. The van der Waals surface area contributed by atoms with Gasteiger partial charge in [-0.3, -0.25) is 4.79 Å². The minimum atomic E-state index is -3.41. The first kappa shape index (κ1) is 19.9. The number of benzene rings is 1. The molecular formula is C18H23N5O4S. The second-order valence-electron chi connectivity index (χ2n) is 6.87. The lowest BCUT2D eigenvalue weighted by Crippen LogP contribution is -2.47. The number of sulfone groups is 1. The number of rotatable bonds is 5. The summed E-state index contributed by atoms with van der Waals surface area (Å²) in [5, 5.41) is 3.03. The fourth-order valence-corrected chi connectivity index (χ4v) is 3.54. The van der Waals surface area contributed by atoms with E-state index in [0.717, 1.165) is 6.26 Å². The summed E-state index contributed by atoms with van der Waals surface area (Å²) in [5.41, 5.74) is 1.11. The van der Waals surface area contributed by atoms with E-state index < -0.39 is 9.84 Å². The number of aromatic nitrogens is 2. The lowest BCUT2D eigenvalue weighted by molar-refractivity contribution is -0.117. The van der Waals surface area contributed by atoms with Crippen LogP contribution in [-0.2, 0) is 14.6 Å². The van der Waals surface area contributed by atoms with Crippen molar-refractivity contribution in [2.75, 3.05) is 42.1 Å². The number of amides is 1.